The topological polar surface area (TPSA) is 63.4 Å². The number of sulfonamides is 1. The van der Waals surface area contributed by atoms with Crippen molar-refractivity contribution in [2.75, 3.05) is 11.4 Å². The van der Waals surface area contributed by atoms with E-state index in [2.05, 4.69) is 6.58 Å². The molecule has 0 fully saturated rings. The highest BCUT2D eigenvalue weighted by Gasteiger charge is 2.29. The standard InChI is InChI=1S/C16H18N2O2S/c1-2-13-18(15-11-7-4-8-12-15)16(21(17,19)20)14-9-5-3-6-10-14/h2-12,16H,1,13H2,(H2,17,19,20). The molecule has 0 aliphatic heterocycles. The number of hydrogen-bond acceptors (Lipinski definition) is 3. The first-order valence-corrected chi connectivity index (χ1v) is 8.14. The largest absolute Gasteiger partial charge is 0.346 e. The molecule has 1 atom stereocenters. The van der Waals surface area contributed by atoms with E-state index in [1.54, 1.807) is 35.2 Å². The molecule has 0 saturated carbocycles. The Labute approximate surface area is 125 Å². The summed E-state index contributed by atoms with van der Waals surface area (Å²) in [6.45, 7) is 4.08. The maximum absolute atomic E-state index is 12.1. The number of hydrogen-bond donors (Lipinski definition) is 1. The lowest BCUT2D eigenvalue weighted by Crippen LogP contribution is -2.37. The zero-order valence-electron chi connectivity index (χ0n) is 11.6. The maximum Gasteiger partial charge on any atom is 0.234 e. The Morgan fingerprint density at radius 1 is 1.05 bits per heavy atom. The molecule has 21 heavy (non-hydrogen) atoms. The van der Waals surface area contributed by atoms with Crippen molar-refractivity contribution in [3.05, 3.63) is 78.9 Å². The van der Waals surface area contributed by atoms with E-state index in [0.717, 1.165) is 5.69 Å². The lowest BCUT2D eigenvalue weighted by Gasteiger charge is -2.31. The molecule has 0 bridgehead atoms. The molecule has 0 aromatic heterocycles. The van der Waals surface area contributed by atoms with Crippen LogP contribution in [0.3, 0.4) is 0 Å². The quantitative estimate of drug-likeness (QED) is 0.834. The average Bonchev–Trinajstić information content (AvgIpc) is 2.47. The maximum atomic E-state index is 12.1. The van der Waals surface area contributed by atoms with Gasteiger partial charge in [-0.2, -0.15) is 0 Å². The molecule has 0 spiro atoms. The van der Waals surface area contributed by atoms with E-state index in [4.69, 9.17) is 5.14 Å². The number of para-hydroxylation sites is 1. The lowest BCUT2D eigenvalue weighted by atomic mass is 10.2. The van der Waals surface area contributed by atoms with E-state index in [1.807, 2.05) is 36.4 Å². The Balaban J connectivity index is 2.54. The van der Waals surface area contributed by atoms with Gasteiger partial charge >= 0.3 is 0 Å². The zero-order chi connectivity index (χ0) is 15.3. The van der Waals surface area contributed by atoms with Crippen LogP contribution in [0.5, 0.6) is 0 Å². The minimum absolute atomic E-state index is 0.375. The van der Waals surface area contributed by atoms with Crippen LogP contribution in [0, 0.1) is 0 Å². The molecule has 2 rings (SSSR count). The van der Waals surface area contributed by atoms with Crippen molar-refractivity contribution in [1.29, 1.82) is 0 Å². The second kappa shape index (κ2) is 6.56. The fourth-order valence-electron chi connectivity index (χ4n) is 2.26. The second-order valence-corrected chi connectivity index (χ2v) is 6.25. The SMILES string of the molecule is C=CCN(c1ccccc1)C(c1ccccc1)S(N)(=O)=O. The van der Waals surface area contributed by atoms with Crippen LogP contribution in [0.15, 0.2) is 73.3 Å². The van der Waals surface area contributed by atoms with Crippen LogP contribution in [-0.2, 0) is 10.0 Å². The van der Waals surface area contributed by atoms with Crippen molar-refractivity contribution in [2.24, 2.45) is 5.14 Å². The van der Waals surface area contributed by atoms with E-state index in [-0.39, 0.29) is 0 Å². The van der Waals surface area contributed by atoms with Crippen LogP contribution >= 0.6 is 0 Å². The highest BCUT2D eigenvalue weighted by atomic mass is 32.2. The molecule has 0 aliphatic carbocycles. The van der Waals surface area contributed by atoms with Crippen molar-refractivity contribution in [3.8, 4) is 0 Å². The fraction of sp³-hybridized carbons (Fsp3) is 0.125. The van der Waals surface area contributed by atoms with E-state index in [1.165, 1.54) is 0 Å². The molecule has 0 saturated heterocycles. The minimum Gasteiger partial charge on any atom is -0.346 e. The Morgan fingerprint density at radius 2 is 1.57 bits per heavy atom. The predicted octanol–water partition coefficient (Wildman–Crippen LogP) is 2.67. The van der Waals surface area contributed by atoms with E-state index in [9.17, 15) is 8.42 Å². The van der Waals surface area contributed by atoms with Crippen molar-refractivity contribution in [2.45, 2.75) is 5.37 Å². The van der Waals surface area contributed by atoms with Gasteiger partial charge in [-0.05, 0) is 17.7 Å². The highest BCUT2D eigenvalue weighted by molar-refractivity contribution is 7.89. The summed E-state index contributed by atoms with van der Waals surface area (Å²) in [5.74, 6) is 0. The van der Waals surface area contributed by atoms with Gasteiger partial charge in [-0.15, -0.1) is 6.58 Å². The monoisotopic (exact) mass is 302 g/mol. The molecule has 4 nitrogen and oxygen atoms in total. The number of anilines is 1. The summed E-state index contributed by atoms with van der Waals surface area (Å²) in [7, 11) is -3.81. The Morgan fingerprint density at radius 3 is 2.05 bits per heavy atom. The molecular weight excluding hydrogens is 284 g/mol. The molecule has 2 aromatic carbocycles. The normalized spacial score (nSPS) is 12.6. The van der Waals surface area contributed by atoms with E-state index < -0.39 is 15.4 Å². The minimum atomic E-state index is -3.81. The van der Waals surface area contributed by atoms with Gasteiger partial charge in [0.05, 0.1) is 0 Å². The van der Waals surface area contributed by atoms with Crippen molar-refractivity contribution in [3.63, 3.8) is 0 Å². The van der Waals surface area contributed by atoms with Crippen LogP contribution in [0.25, 0.3) is 0 Å². The smallest absolute Gasteiger partial charge is 0.234 e. The highest BCUT2D eigenvalue weighted by Crippen LogP contribution is 2.29. The lowest BCUT2D eigenvalue weighted by molar-refractivity contribution is 0.579. The van der Waals surface area contributed by atoms with Crippen molar-refractivity contribution in [1.82, 2.24) is 0 Å². The zero-order valence-corrected chi connectivity index (χ0v) is 12.4. The molecule has 1 unspecified atom stereocenters. The number of nitrogens with two attached hydrogens (primary N) is 1. The van der Waals surface area contributed by atoms with Crippen LogP contribution in [0.2, 0.25) is 0 Å². The first-order chi connectivity index (χ1) is 10.0. The summed E-state index contributed by atoms with van der Waals surface area (Å²) < 4.78 is 24.2. The summed E-state index contributed by atoms with van der Waals surface area (Å²) >= 11 is 0. The second-order valence-electron chi connectivity index (χ2n) is 4.63. The van der Waals surface area contributed by atoms with Gasteiger partial charge in [0.1, 0.15) is 0 Å². The molecule has 0 heterocycles. The van der Waals surface area contributed by atoms with E-state index >= 15 is 0 Å². The van der Waals surface area contributed by atoms with Crippen molar-refractivity contribution >= 4 is 15.7 Å². The Hall–Kier alpha value is -2.11. The first-order valence-electron chi connectivity index (χ1n) is 6.53. The molecule has 0 aliphatic rings. The summed E-state index contributed by atoms with van der Waals surface area (Å²) in [6.07, 6.45) is 1.66. The molecule has 0 amide bonds. The molecule has 5 heteroatoms. The number of nitrogens with zero attached hydrogens (tertiary/aromatic N) is 1. The van der Waals surface area contributed by atoms with Crippen LogP contribution in [0.1, 0.15) is 10.9 Å². The molecular formula is C16H18N2O2S. The summed E-state index contributed by atoms with van der Waals surface area (Å²) in [6, 6.07) is 18.2. The van der Waals surface area contributed by atoms with Gasteiger partial charge in [0.25, 0.3) is 0 Å². The average molecular weight is 302 g/mol. The predicted molar refractivity (Wildman–Crippen MR) is 86.3 cm³/mol. The van der Waals surface area contributed by atoms with Crippen LogP contribution in [-0.4, -0.2) is 15.0 Å². The number of benzene rings is 2. The van der Waals surface area contributed by atoms with Gasteiger partial charge in [0, 0.05) is 12.2 Å². The van der Waals surface area contributed by atoms with Gasteiger partial charge in [0.15, 0.2) is 5.37 Å². The van der Waals surface area contributed by atoms with Crippen LogP contribution in [0.4, 0.5) is 5.69 Å². The Kier molecular flexibility index (Phi) is 4.77. The van der Waals surface area contributed by atoms with Gasteiger partial charge in [-0.25, -0.2) is 13.6 Å². The number of rotatable bonds is 6. The molecule has 2 N–H and O–H groups in total. The summed E-state index contributed by atoms with van der Waals surface area (Å²) in [5, 5.41) is 4.53. The van der Waals surface area contributed by atoms with E-state index in [0.29, 0.717) is 12.1 Å². The third kappa shape index (κ3) is 3.71. The first kappa shape index (κ1) is 15.3. The van der Waals surface area contributed by atoms with Crippen LogP contribution < -0.4 is 10.0 Å². The van der Waals surface area contributed by atoms with Gasteiger partial charge < -0.3 is 4.90 Å². The summed E-state index contributed by atoms with van der Waals surface area (Å²) in [5.41, 5.74) is 1.41. The fourth-order valence-corrected chi connectivity index (χ4v) is 3.36. The van der Waals surface area contributed by atoms with Crippen molar-refractivity contribution < 1.29 is 8.42 Å². The molecule has 0 radical (unpaired) electrons. The third-order valence-electron chi connectivity index (χ3n) is 3.09. The molecule has 2 aromatic rings. The molecule has 110 valence electrons. The van der Waals surface area contributed by atoms with Gasteiger partial charge in [-0.1, -0.05) is 54.6 Å². The Bertz CT molecular complexity index is 685. The van der Waals surface area contributed by atoms with Gasteiger partial charge in [-0.3, -0.25) is 0 Å². The third-order valence-corrected chi connectivity index (χ3v) is 4.24. The summed E-state index contributed by atoms with van der Waals surface area (Å²) in [4.78, 5) is 1.72. The number of primary sulfonamides is 1. The van der Waals surface area contributed by atoms with Gasteiger partial charge in [0.2, 0.25) is 10.0 Å².